The zero-order chi connectivity index (χ0) is 10.3. The molecular formula is C10H17N3O. The molecule has 1 aliphatic rings. The van der Waals surface area contributed by atoms with Gasteiger partial charge in [0.1, 0.15) is 0 Å². The van der Waals surface area contributed by atoms with Gasteiger partial charge in [0.25, 0.3) is 0 Å². The van der Waals surface area contributed by atoms with Crippen LogP contribution in [0.5, 0.6) is 0 Å². The Morgan fingerprint density at radius 3 is 2.36 bits per heavy atom. The highest BCUT2D eigenvalue weighted by molar-refractivity contribution is 5.17. The molecule has 1 saturated carbocycles. The minimum absolute atomic E-state index is 0.143. The summed E-state index contributed by atoms with van der Waals surface area (Å²) in [6.07, 6.45) is 2.32. The molecule has 0 aromatic carbocycles. The fourth-order valence-electron chi connectivity index (χ4n) is 1.79. The molecule has 1 fully saturated rings. The van der Waals surface area contributed by atoms with Gasteiger partial charge in [0.05, 0.1) is 11.5 Å². The normalized spacial score (nSPS) is 21.2. The van der Waals surface area contributed by atoms with Crippen LogP contribution in [0.1, 0.15) is 51.4 Å². The molecule has 14 heavy (non-hydrogen) atoms. The SMILES string of the molecule is CC(N)c1noc(C2(C(C)C)CC2)n1. The third-order valence-corrected chi connectivity index (χ3v) is 3.17. The molecule has 0 saturated heterocycles. The van der Waals surface area contributed by atoms with Gasteiger partial charge >= 0.3 is 0 Å². The van der Waals surface area contributed by atoms with E-state index >= 15 is 0 Å². The van der Waals surface area contributed by atoms with E-state index in [1.54, 1.807) is 0 Å². The molecule has 0 amide bonds. The largest absolute Gasteiger partial charge is 0.339 e. The Hall–Kier alpha value is -0.900. The molecular weight excluding hydrogens is 178 g/mol. The molecule has 1 unspecified atom stereocenters. The maximum Gasteiger partial charge on any atom is 0.233 e. The quantitative estimate of drug-likeness (QED) is 0.798. The second-order valence-corrected chi connectivity index (χ2v) is 4.56. The minimum atomic E-state index is -0.143. The van der Waals surface area contributed by atoms with Gasteiger partial charge in [0.15, 0.2) is 5.82 Å². The lowest BCUT2D eigenvalue weighted by Gasteiger charge is -2.13. The Morgan fingerprint density at radius 1 is 1.36 bits per heavy atom. The average Bonchev–Trinajstić information content (AvgIpc) is 2.77. The summed E-state index contributed by atoms with van der Waals surface area (Å²) in [5.74, 6) is 1.95. The van der Waals surface area contributed by atoms with Gasteiger partial charge in [-0.1, -0.05) is 19.0 Å². The summed E-state index contributed by atoms with van der Waals surface area (Å²) in [4.78, 5) is 4.36. The number of rotatable bonds is 3. The first-order chi connectivity index (χ1) is 6.56. The third kappa shape index (κ3) is 1.34. The summed E-state index contributed by atoms with van der Waals surface area (Å²) >= 11 is 0. The number of aromatic nitrogens is 2. The first-order valence-electron chi connectivity index (χ1n) is 5.16. The van der Waals surface area contributed by atoms with Crippen molar-refractivity contribution in [3.63, 3.8) is 0 Å². The standard InChI is InChI=1S/C10H17N3O/c1-6(2)10(4-5-10)9-12-8(7(3)11)13-14-9/h6-7H,4-5,11H2,1-3H3. The van der Waals surface area contributed by atoms with E-state index in [9.17, 15) is 0 Å². The van der Waals surface area contributed by atoms with Crippen LogP contribution < -0.4 is 5.73 Å². The molecule has 78 valence electrons. The molecule has 0 bridgehead atoms. The van der Waals surface area contributed by atoms with E-state index in [4.69, 9.17) is 10.3 Å². The minimum Gasteiger partial charge on any atom is -0.339 e. The van der Waals surface area contributed by atoms with Crippen molar-refractivity contribution in [3.05, 3.63) is 11.7 Å². The summed E-state index contributed by atoms with van der Waals surface area (Å²) in [5, 5.41) is 3.89. The smallest absolute Gasteiger partial charge is 0.233 e. The van der Waals surface area contributed by atoms with E-state index in [-0.39, 0.29) is 11.5 Å². The zero-order valence-corrected chi connectivity index (χ0v) is 8.95. The van der Waals surface area contributed by atoms with Gasteiger partial charge in [0, 0.05) is 0 Å². The van der Waals surface area contributed by atoms with Crippen molar-refractivity contribution in [1.82, 2.24) is 10.1 Å². The van der Waals surface area contributed by atoms with E-state index in [1.807, 2.05) is 6.92 Å². The third-order valence-electron chi connectivity index (χ3n) is 3.17. The van der Waals surface area contributed by atoms with Gasteiger partial charge in [-0.05, 0) is 25.7 Å². The van der Waals surface area contributed by atoms with Crippen molar-refractivity contribution in [2.24, 2.45) is 11.7 Å². The van der Waals surface area contributed by atoms with E-state index < -0.39 is 0 Å². The molecule has 2 N–H and O–H groups in total. The second-order valence-electron chi connectivity index (χ2n) is 4.56. The van der Waals surface area contributed by atoms with Crippen LogP contribution in [0.2, 0.25) is 0 Å². The summed E-state index contributed by atoms with van der Waals surface area (Å²) in [5.41, 5.74) is 5.83. The van der Waals surface area contributed by atoms with Gasteiger partial charge in [-0.3, -0.25) is 0 Å². The number of hydrogen-bond donors (Lipinski definition) is 1. The molecule has 4 nitrogen and oxygen atoms in total. The number of hydrogen-bond acceptors (Lipinski definition) is 4. The van der Waals surface area contributed by atoms with E-state index in [0.717, 1.165) is 18.7 Å². The summed E-state index contributed by atoms with van der Waals surface area (Å²) in [6, 6.07) is -0.143. The van der Waals surface area contributed by atoms with Crippen LogP contribution in [-0.4, -0.2) is 10.1 Å². The van der Waals surface area contributed by atoms with Crippen molar-refractivity contribution in [3.8, 4) is 0 Å². The first-order valence-corrected chi connectivity index (χ1v) is 5.16. The zero-order valence-electron chi connectivity index (χ0n) is 8.95. The summed E-state index contributed by atoms with van der Waals surface area (Å²) in [6.45, 7) is 6.26. The highest BCUT2D eigenvalue weighted by Crippen LogP contribution is 2.53. The van der Waals surface area contributed by atoms with E-state index in [0.29, 0.717) is 11.7 Å². The van der Waals surface area contributed by atoms with Crippen molar-refractivity contribution >= 4 is 0 Å². The molecule has 1 aromatic heterocycles. The van der Waals surface area contributed by atoms with Gasteiger partial charge in [0.2, 0.25) is 5.89 Å². The number of nitrogens with two attached hydrogens (primary N) is 1. The Balaban J connectivity index is 2.25. The van der Waals surface area contributed by atoms with Crippen molar-refractivity contribution in [2.75, 3.05) is 0 Å². The van der Waals surface area contributed by atoms with Gasteiger partial charge < -0.3 is 10.3 Å². The summed E-state index contributed by atoms with van der Waals surface area (Å²) < 4.78 is 5.27. The fraction of sp³-hybridized carbons (Fsp3) is 0.800. The van der Waals surface area contributed by atoms with Crippen LogP contribution in [0, 0.1) is 5.92 Å². The second kappa shape index (κ2) is 3.05. The highest BCUT2D eigenvalue weighted by atomic mass is 16.5. The lowest BCUT2D eigenvalue weighted by atomic mass is 9.92. The molecule has 1 atom stereocenters. The molecule has 1 aliphatic carbocycles. The predicted octanol–water partition coefficient (Wildman–Crippen LogP) is 1.78. The molecule has 0 radical (unpaired) electrons. The lowest BCUT2D eigenvalue weighted by Crippen LogP contribution is -2.15. The van der Waals surface area contributed by atoms with Crippen LogP contribution in [0.4, 0.5) is 0 Å². The van der Waals surface area contributed by atoms with Crippen molar-refractivity contribution in [2.45, 2.75) is 45.1 Å². The maximum atomic E-state index is 5.68. The van der Waals surface area contributed by atoms with E-state index in [2.05, 4.69) is 24.0 Å². The van der Waals surface area contributed by atoms with Gasteiger partial charge in [-0.15, -0.1) is 0 Å². The van der Waals surface area contributed by atoms with Crippen LogP contribution >= 0.6 is 0 Å². The molecule has 1 heterocycles. The maximum absolute atomic E-state index is 5.68. The molecule has 1 aromatic rings. The average molecular weight is 195 g/mol. The Labute approximate surface area is 83.9 Å². The molecule has 0 spiro atoms. The van der Waals surface area contributed by atoms with Gasteiger partial charge in [-0.2, -0.15) is 4.98 Å². The molecule has 2 rings (SSSR count). The van der Waals surface area contributed by atoms with Crippen LogP contribution in [-0.2, 0) is 5.41 Å². The topological polar surface area (TPSA) is 64.9 Å². The number of nitrogens with zero attached hydrogens (tertiary/aromatic N) is 2. The predicted molar refractivity (Wildman–Crippen MR) is 52.7 cm³/mol. The Kier molecular flexibility index (Phi) is 2.10. The van der Waals surface area contributed by atoms with Crippen LogP contribution in [0.15, 0.2) is 4.52 Å². The highest BCUT2D eigenvalue weighted by Gasteiger charge is 2.51. The van der Waals surface area contributed by atoms with E-state index in [1.165, 1.54) is 0 Å². The monoisotopic (exact) mass is 195 g/mol. The first kappa shape index (κ1) is 9.65. The fourth-order valence-corrected chi connectivity index (χ4v) is 1.79. The van der Waals surface area contributed by atoms with Crippen molar-refractivity contribution in [1.29, 1.82) is 0 Å². The lowest BCUT2D eigenvalue weighted by molar-refractivity contribution is 0.305. The summed E-state index contributed by atoms with van der Waals surface area (Å²) in [7, 11) is 0. The Bertz CT molecular complexity index is 326. The van der Waals surface area contributed by atoms with Crippen molar-refractivity contribution < 1.29 is 4.52 Å². The van der Waals surface area contributed by atoms with Crippen LogP contribution in [0.25, 0.3) is 0 Å². The van der Waals surface area contributed by atoms with Crippen LogP contribution in [0.3, 0.4) is 0 Å². The van der Waals surface area contributed by atoms with Gasteiger partial charge in [-0.25, -0.2) is 0 Å². The Morgan fingerprint density at radius 2 is 2.00 bits per heavy atom. The molecule has 4 heteroatoms. The molecule has 0 aliphatic heterocycles.